The molecule has 1 N–H and O–H groups in total. The van der Waals surface area contributed by atoms with Gasteiger partial charge in [-0.3, -0.25) is 4.98 Å². The quantitative estimate of drug-likeness (QED) is 0.940. The van der Waals surface area contributed by atoms with Crippen LogP contribution in [0, 0.1) is 11.7 Å². The summed E-state index contributed by atoms with van der Waals surface area (Å²) < 4.78 is 25.2. The van der Waals surface area contributed by atoms with E-state index in [1.54, 1.807) is 18.2 Å². The first kappa shape index (κ1) is 14.8. The van der Waals surface area contributed by atoms with Crippen molar-refractivity contribution in [2.24, 2.45) is 5.92 Å². The highest BCUT2D eigenvalue weighted by atomic mass is 19.1. The second-order valence-electron chi connectivity index (χ2n) is 5.44. The van der Waals surface area contributed by atoms with Crippen LogP contribution in [-0.4, -0.2) is 29.9 Å². The monoisotopic (exact) mass is 303 g/mol. The van der Waals surface area contributed by atoms with Crippen molar-refractivity contribution < 1.29 is 19.0 Å². The predicted molar refractivity (Wildman–Crippen MR) is 80.3 cm³/mol. The van der Waals surface area contributed by atoms with E-state index < -0.39 is 5.82 Å². The van der Waals surface area contributed by atoms with Crippen LogP contribution in [0.3, 0.4) is 0 Å². The summed E-state index contributed by atoms with van der Waals surface area (Å²) in [5, 5.41) is 9.22. The number of hydrogen-bond acceptors (Lipinski definition) is 4. The fraction of sp³-hybridized carbons (Fsp3) is 0.353. The Kier molecular flexibility index (Phi) is 4.53. The van der Waals surface area contributed by atoms with Gasteiger partial charge in [0.1, 0.15) is 17.3 Å². The molecule has 22 heavy (non-hydrogen) atoms. The Labute approximate surface area is 128 Å². The first-order valence-corrected chi connectivity index (χ1v) is 7.38. The lowest BCUT2D eigenvalue weighted by atomic mass is 10.0. The zero-order valence-electron chi connectivity index (χ0n) is 12.2. The van der Waals surface area contributed by atoms with Gasteiger partial charge in [-0.15, -0.1) is 0 Å². The van der Waals surface area contributed by atoms with Gasteiger partial charge in [0.15, 0.2) is 0 Å². The minimum absolute atomic E-state index is 0.0545. The molecular weight excluding hydrogens is 285 g/mol. The Morgan fingerprint density at radius 3 is 2.91 bits per heavy atom. The minimum Gasteiger partial charge on any atom is -0.506 e. The van der Waals surface area contributed by atoms with Crippen molar-refractivity contribution in [2.45, 2.75) is 12.8 Å². The Morgan fingerprint density at radius 1 is 1.32 bits per heavy atom. The number of aromatic nitrogens is 1. The van der Waals surface area contributed by atoms with Gasteiger partial charge >= 0.3 is 0 Å². The van der Waals surface area contributed by atoms with E-state index in [1.165, 1.54) is 18.3 Å². The van der Waals surface area contributed by atoms with Crippen LogP contribution >= 0.6 is 0 Å². The number of benzene rings is 1. The molecule has 116 valence electrons. The summed E-state index contributed by atoms with van der Waals surface area (Å²) in [6, 6.07) is 7.80. The van der Waals surface area contributed by atoms with E-state index in [9.17, 15) is 9.50 Å². The van der Waals surface area contributed by atoms with Gasteiger partial charge in [-0.05, 0) is 37.1 Å². The molecule has 0 saturated carbocycles. The molecule has 0 radical (unpaired) electrons. The first-order valence-electron chi connectivity index (χ1n) is 7.38. The third kappa shape index (κ3) is 3.54. The molecule has 0 amide bonds. The van der Waals surface area contributed by atoms with Crippen LogP contribution in [0.5, 0.6) is 11.5 Å². The Balaban J connectivity index is 1.67. The molecule has 1 aliphatic heterocycles. The van der Waals surface area contributed by atoms with Gasteiger partial charge in [-0.2, -0.15) is 0 Å². The van der Waals surface area contributed by atoms with Crippen molar-refractivity contribution in [1.82, 2.24) is 4.98 Å². The molecule has 1 aromatic carbocycles. The van der Waals surface area contributed by atoms with Crippen LogP contribution < -0.4 is 4.74 Å². The normalized spacial score (nSPS) is 18.1. The van der Waals surface area contributed by atoms with Gasteiger partial charge in [-0.1, -0.05) is 0 Å². The molecule has 2 heterocycles. The van der Waals surface area contributed by atoms with Crippen molar-refractivity contribution in [1.29, 1.82) is 0 Å². The summed E-state index contributed by atoms with van der Waals surface area (Å²) in [4.78, 5) is 4.01. The van der Waals surface area contributed by atoms with Crippen LogP contribution in [0.15, 0.2) is 36.5 Å². The van der Waals surface area contributed by atoms with E-state index in [2.05, 4.69) is 4.98 Å². The SMILES string of the molecule is Oc1ccc(-c2ccc(OCC3CCCOC3)cc2F)nc1. The van der Waals surface area contributed by atoms with Crippen molar-refractivity contribution >= 4 is 0 Å². The molecule has 3 rings (SSSR count). The zero-order chi connectivity index (χ0) is 15.4. The van der Waals surface area contributed by atoms with E-state index in [4.69, 9.17) is 9.47 Å². The Bertz CT molecular complexity index is 624. The second-order valence-corrected chi connectivity index (χ2v) is 5.44. The largest absolute Gasteiger partial charge is 0.506 e. The van der Waals surface area contributed by atoms with Crippen molar-refractivity contribution in [3.63, 3.8) is 0 Å². The van der Waals surface area contributed by atoms with Gasteiger partial charge in [0, 0.05) is 24.2 Å². The molecule has 2 aromatic rings. The summed E-state index contributed by atoms with van der Waals surface area (Å²) >= 11 is 0. The van der Waals surface area contributed by atoms with Gasteiger partial charge in [-0.25, -0.2) is 4.39 Å². The number of aromatic hydroxyl groups is 1. The predicted octanol–water partition coefficient (Wildman–Crippen LogP) is 3.40. The lowest BCUT2D eigenvalue weighted by Gasteiger charge is -2.22. The third-order valence-corrected chi connectivity index (χ3v) is 3.70. The van der Waals surface area contributed by atoms with Crippen molar-refractivity contribution in [3.05, 3.63) is 42.3 Å². The maximum atomic E-state index is 14.2. The second kappa shape index (κ2) is 6.75. The van der Waals surface area contributed by atoms with Crippen molar-refractivity contribution in [3.8, 4) is 22.8 Å². The van der Waals surface area contributed by atoms with E-state index in [1.807, 2.05) is 0 Å². The van der Waals surface area contributed by atoms with Gasteiger partial charge in [0.25, 0.3) is 0 Å². The van der Waals surface area contributed by atoms with Crippen LogP contribution in [-0.2, 0) is 4.74 Å². The van der Waals surface area contributed by atoms with Gasteiger partial charge in [0.05, 0.1) is 25.1 Å². The number of pyridine rings is 1. The smallest absolute Gasteiger partial charge is 0.136 e. The molecule has 0 aliphatic carbocycles. The number of halogens is 1. The average Bonchev–Trinajstić information content (AvgIpc) is 2.55. The molecular formula is C17H18FNO3. The maximum Gasteiger partial charge on any atom is 0.136 e. The highest BCUT2D eigenvalue weighted by Gasteiger charge is 2.15. The van der Waals surface area contributed by atoms with E-state index in [0.29, 0.717) is 36.1 Å². The average molecular weight is 303 g/mol. The summed E-state index contributed by atoms with van der Waals surface area (Å²) in [7, 11) is 0. The topological polar surface area (TPSA) is 51.6 Å². The van der Waals surface area contributed by atoms with Crippen LogP contribution in [0.4, 0.5) is 4.39 Å². The molecule has 1 aliphatic rings. The zero-order valence-corrected chi connectivity index (χ0v) is 12.2. The standard InChI is InChI=1S/C17H18FNO3/c18-16-8-14(22-11-12-2-1-7-21-10-12)4-5-15(16)17-6-3-13(20)9-19-17/h3-6,8-9,12,20H,1-2,7,10-11H2. The molecule has 1 unspecified atom stereocenters. The maximum absolute atomic E-state index is 14.2. The van der Waals surface area contributed by atoms with E-state index in [0.717, 1.165) is 19.4 Å². The van der Waals surface area contributed by atoms with Crippen LogP contribution in [0.2, 0.25) is 0 Å². The molecule has 1 fully saturated rings. The molecule has 4 nitrogen and oxygen atoms in total. The minimum atomic E-state index is -0.393. The van der Waals surface area contributed by atoms with E-state index >= 15 is 0 Å². The lowest BCUT2D eigenvalue weighted by Crippen LogP contribution is -2.23. The van der Waals surface area contributed by atoms with Crippen LogP contribution in [0.25, 0.3) is 11.3 Å². The van der Waals surface area contributed by atoms with Crippen molar-refractivity contribution in [2.75, 3.05) is 19.8 Å². The number of ether oxygens (including phenoxy) is 2. The summed E-state index contributed by atoms with van der Waals surface area (Å²) in [5.41, 5.74) is 0.857. The van der Waals surface area contributed by atoms with E-state index in [-0.39, 0.29) is 5.75 Å². The van der Waals surface area contributed by atoms with Crippen LogP contribution in [0.1, 0.15) is 12.8 Å². The highest BCUT2D eigenvalue weighted by Crippen LogP contribution is 2.26. The Morgan fingerprint density at radius 2 is 2.23 bits per heavy atom. The molecule has 0 spiro atoms. The third-order valence-electron chi connectivity index (χ3n) is 3.70. The summed E-state index contributed by atoms with van der Waals surface area (Å²) in [6.45, 7) is 2.06. The molecule has 5 heteroatoms. The van der Waals surface area contributed by atoms with Gasteiger partial charge < -0.3 is 14.6 Å². The fourth-order valence-corrected chi connectivity index (χ4v) is 2.49. The number of nitrogens with zero attached hydrogens (tertiary/aromatic N) is 1. The molecule has 1 saturated heterocycles. The molecule has 0 bridgehead atoms. The molecule has 1 aromatic heterocycles. The first-order chi connectivity index (χ1) is 10.7. The summed E-state index contributed by atoms with van der Waals surface area (Å²) in [5.74, 6) is 0.537. The lowest BCUT2D eigenvalue weighted by molar-refractivity contribution is 0.0351. The van der Waals surface area contributed by atoms with Gasteiger partial charge in [0.2, 0.25) is 0 Å². The fourth-order valence-electron chi connectivity index (χ4n) is 2.49. The summed E-state index contributed by atoms with van der Waals surface area (Å²) in [6.07, 6.45) is 3.42. The number of rotatable bonds is 4. The number of hydrogen-bond donors (Lipinski definition) is 1. The molecule has 1 atom stereocenters. The Hall–Kier alpha value is -2.14. The highest BCUT2D eigenvalue weighted by molar-refractivity contribution is 5.61.